The molecule has 8 heteroatoms. The molecule has 1 saturated heterocycles. The molecule has 0 atom stereocenters. The lowest BCUT2D eigenvalue weighted by atomic mass is 9.84. The number of pyridine rings is 1. The van der Waals surface area contributed by atoms with Crippen molar-refractivity contribution in [3.05, 3.63) is 65.6 Å². The highest BCUT2D eigenvalue weighted by atomic mass is 16.5. The minimum atomic E-state index is -0.498. The maximum absolute atomic E-state index is 13.1. The van der Waals surface area contributed by atoms with E-state index in [1.54, 1.807) is 0 Å². The Morgan fingerprint density at radius 1 is 1.09 bits per heavy atom. The van der Waals surface area contributed by atoms with Gasteiger partial charge in [0.05, 0.1) is 12.0 Å². The molecular weight excluding hydrogens is 406 g/mol. The summed E-state index contributed by atoms with van der Waals surface area (Å²) in [4.78, 5) is 27.9. The number of hydrogen-bond donors (Lipinski definition) is 1. The number of ether oxygens (including phenoxy) is 1. The molecule has 3 aromatic rings. The number of nitrogens with zero attached hydrogens (tertiary/aromatic N) is 4. The predicted molar refractivity (Wildman–Crippen MR) is 118 cm³/mol. The Kier molecular flexibility index (Phi) is 5.61. The normalized spacial score (nSPS) is 17.5. The molecule has 166 valence electrons. The van der Waals surface area contributed by atoms with E-state index in [1.165, 1.54) is 0 Å². The van der Waals surface area contributed by atoms with E-state index in [2.05, 4.69) is 15.5 Å². The second-order valence-corrected chi connectivity index (χ2v) is 8.56. The first-order valence-corrected chi connectivity index (χ1v) is 11.2. The summed E-state index contributed by atoms with van der Waals surface area (Å²) in [5, 5.41) is 11.5. The van der Waals surface area contributed by atoms with Gasteiger partial charge in [0.2, 0.25) is 5.91 Å². The number of hydrogen-bond acceptors (Lipinski definition) is 5. The van der Waals surface area contributed by atoms with Gasteiger partial charge in [-0.15, -0.1) is 10.2 Å². The Hall–Kier alpha value is -3.26. The summed E-state index contributed by atoms with van der Waals surface area (Å²) in [5.74, 6) is 0.881. The molecule has 0 spiro atoms. The first-order valence-electron chi connectivity index (χ1n) is 11.2. The summed E-state index contributed by atoms with van der Waals surface area (Å²) in [7, 11) is 0. The first kappa shape index (κ1) is 20.6. The monoisotopic (exact) mass is 433 g/mol. The Morgan fingerprint density at radius 3 is 2.75 bits per heavy atom. The fraction of sp³-hybridized carbons (Fsp3) is 0.417. The highest BCUT2D eigenvalue weighted by molar-refractivity contribution is 5.99. The van der Waals surface area contributed by atoms with E-state index < -0.39 is 5.54 Å². The van der Waals surface area contributed by atoms with E-state index >= 15 is 0 Å². The van der Waals surface area contributed by atoms with Gasteiger partial charge in [0.1, 0.15) is 5.82 Å². The minimum Gasteiger partial charge on any atom is -0.381 e. The Morgan fingerprint density at radius 2 is 1.91 bits per heavy atom. The van der Waals surface area contributed by atoms with Crippen LogP contribution in [0.4, 0.5) is 0 Å². The number of fused-ring (bicyclic) bond motifs is 2. The van der Waals surface area contributed by atoms with Crippen molar-refractivity contribution in [2.75, 3.05) is 19.8 Å². The first-order chi connectivity index (χ1) is 15.7. The van der Waals surface area contributed by atoms with Crippen LogP contribution in [0.3, 0.4) is 0 Å². The van der Waals surface area contributed by atoms with Crippen molar-refractivity contribution in [2.24, 2.45) is 0 Å². The highest BCUT2D eigenvalue weighted by Crippen LogP contribution is 2.38. The van der Waals surface area contributed by atoms with Crippen LogP contribution in [0.2, 0.25) is 0 Å². The van der Waals surface area contributed by atoms with E-state index in [9.17, 15) is 9.59 Å². The maximum Gasteiger partial charge on any atom is 0.254 e. The van der Waals surface area contributed by atoms with Gasteiger partial charge in [-0.2, -0.15) is 0 Å². The van der Waals surface area contributed by atoms with Crippen LogP contribution in [0.25, 0.3) is 5.65 Å². The molecular formula is C24H27N5O3. The van der Waals surface area contributed by atoms with Crippen molar-refractivity contribution >= 4 is 17.5 Å². The third-order valence-electron chi connectivity index (χ3n) is 6.59. The highest BCUT2D eigenvalue weighted by Gasteiger charge is 2.45. The topological polar surface area (TPSA) is 88.8 Å². The summed E-state index contributed by atoms with van der Waals surface area (Å²) in [6, 6.07) is 13.5. The van der Waals surface area contributed by atoms with Crippen molar-refractivity contribution in [3.8, 4) is 0 Å². The fourth-order valence-corrected chi connectivity index (χ4v) is 4.83. The summed E-state index contributed by atoms with van der Waals surface area (Å²) < 4.78 is 7.54. The number of aryl methyl sites for hydroxylation is 1. The van der Waals surface area contributed by atoms with Crippen LogP contribution in [0, 0.1) is 0 Å². The molecule has 1 N–H and O–H groups in total. The van der Waals surface area contributed by atoms with Crippen molar-refractivity contribution in [1.82, 2.24) is 24.8 Å². The zero-order chi connectivity index (χ0) is 22.0. The zero-order valence-electron chi connectivity index (χ0n) is 18.0. The van der Waals surface area contributed by atoms with Gasteiger partial charge in [-0.25, -0.2) is 0 Å². The van der Waals surface area contributed by atoms with Gasteiger partial charge < -0.3 is 15.0 Å². The smallest absolute Gasteiger partial charge is 0.254 e. The van der Waals surface area contributed by atoms with Gasteiger partial charge in [-0.05, 0) is 43.0 Å². The fourth-order valence-electron chi connectivity index (χ4n) is 4.83. The summed E-state index contributed by atoms with van der Waals surface area (Å²) in [6.07, 6.45) is 5.08. The second kappa shape index (κ2) is 8.70. The van der Waals surface area contributed by atoms with Crippen molar-refractivity contribution in [2.45, 2.75) is 44.2 Å². The summed E-state index contributed by atoms with van der Waals surface area (Å²) >= 11 is 0. The van der Waals surface area contributed by atoms with E-state index in [-0.39, 0.29) is 11.8 Å². The molecule has 2 aromatic heterocycles. The van der Waals surface area contributed by atoms with E-state index in [1.807, 2.05) is 58.0 Å². The maximum atomic E-state index is 13.1. The average Bonchev–Trinajstić information content (AvgIpc) is 3.39. The quantitative estimate of drug-likeness (QED) is 0.578. The molecule has 2 aliphatic rings. The number of rotatable bonds is 7. The second-order valence-electron chi connectivity index (χ2n) is 8.56. The molecule has 1 fully saturated rings. The van der Waals surface area contributed by atoms with Gasteiger partial charge in [0, 0.05) is 44.5 Å². The molecule has 8 nitrogen and oxygen atoms in total. The molecule has 2 aliphatic heterocycles. The molecule has 5 rings (SSSR count). The number of nitrogens with one attached hydrogen (secondary N) is 1. The lowest BCUT2D eigenvalue weighted by Crippen LogP contribution is -2.54. The summed E-state index contributed by atoms with van der Waals surface area (Å²) in [6.45, 7) is 2.24. The van der Waals surface area contributed by atoms with E-state index in [0.717, 1.165) is 35.4 Å². The number of carbonyl (C=O) groups is 2. The summed E-state index contributed by atoms with van der Waals surface area (Å²) in [5.41, 5.74) is 2.11. The molecule has 0 aliphatic carbocycles. The van der Waals surface area contributed by atoms with E-state index in [4.69, 9.17) is 4.74 Å². The molecule has 0 unspecified atom stereocenters. The molecule has 2 amide bonds. The zero-order valence-corrected chi connectivity index (χ0v) is 18.0. The van der Waals surface area contributed by atoms with Gasteiger partial charge >= 0.3 is 0 Å². The molecule has 32 heavy (non-hydrogen) atoms. The lowest BCUT2D eigenvalue weighted by Gasteiger charge is -2.44. The number of benzene rings is 1. The molecule has 0 saturated carbocycles. The standard InChI is InChI=1S/C24H27N5O3/c30-22(25-12-5-9-21-27-26-20-8-3-4-13-28(20)21)16-24(10-14-32-15-11-24)29-17-18-6-1-2-7-19(18)23(29)31/h1-4,6-8,13H,5,9-12,14-17H2,(H,25,30). The number of carbonyl (C=O) groups excluding carboxylic acids is 2. The molecule has 0 radical (unpaired) electrons. The third-order valence-corrected chi connectivity index (χ3v) is 6.59. The minimum absolute atomic E-state index is 0.0222. The number of aromatic nitrogens is 3. The van der Waals surface area contributed by atoms with Crippen LogP contribution < -0.4 is 5.32 Å². The molecule has 0 bridgehead atoms. The Balaban J connectivity index is 1.20. The molecule has 4 heterocycles. The van der Waals surface area contributed by atoms with Crippen LogP contribution >= 0.6 is 0 Å². The van der Waals surface area contributed by atoms with Crippen LogP contribution in [-0.2, 0) is 22.5 Å². The molecule has 1 aromatic carbocycles. The largest absolute Gasteiger partial charge is 0.381 e. The van der Waals surface area contributed by atoms with Crippen LogP contribution in [0.15, 0.2) is 48.7 Å². The van der Waals surface area contributed by atoms with E-state index in [0.29, 0.717) is 45.6 Å². The van der Waals surface area contributed by atoms with Crippen molar-refractivity contribution < 1.29 is 14.3 Å². The van der Waals surface area contributed by atoms with Gasteiger partial charge in [0.25, 0.3) is 5.91 Å². The van der Waals surface area contributed by atoms with Gasteiger partial charge in [-0.1, -0.05) is 24.3 Å². The van der Waals surface area contributed by atoms with Crippen molar-refractivity contribution in [1.29, 1.82) is 0 Å². The lowest BCUT2D eigenvalue weighted by molar-refractivity contribution is -0.125. The predicted octanol–water partition coefficient (Wildman–Crippen LogP) is 2.37. The average molecular weight is 434 g/mol. The van der Waals surface area contributed by atoms with Gasteiger partial charge in [0.15, 0.2) is 5.65 Å². The van der Waals surface area contributed by atoms with Gasteiger partial charge in [-0.3, -0.25) is 14.0 Å². The van der Waals surface area contributed by atoms with Crippen LogP contribution in [-0.4, -0.2) is 56.6 Å². The third kappa shape index (κ3) is 3.86. The Labute approximate surface area is 186 Å². The Bertz CT molecular complexity index is 1140. The SMILES string of the molecule is O=C(CC1(N2Cc3ccccc3C2=O)CCOCC1)NCCCc1nnc2ccccn12. The van der Waals surface area contributed by atoms with Crippen molar-refractivity contribution in [3.63, 3.8) is 0 Å². The van der Waals surface area contributed by atoms with Crippen LogP contribution in [0.1, 0.15) is 47.4 Å². The van der Waals surface area contributed by atoms with Crippen LogP contribution in [0.5, 0.6) is 0 Å². The number of amides is 2.